The highest BCUT2D eigenvalue weighted by Crippen LogP contribution is 2.28. The van der Waals surface area contributed by atoms with Gasteiger partial charge in [-0.2, -0.15) is 0 Å². The summed E-state index contributed by atoms with van der Waals surface area (Å²) in [5, 5.41) is 1.21. The average Bonchev–Trinajstić information content (AvgIpc) is 2.83. The van der Waals surface area contributed by atoms with Crippen molar-refractivity contribution in [1.29, 1.82) is 0 Å². The standard InChI is InChI=1S/C16H16N2/c1-11(17)13-8-5-9-15-14(13)10-16(18-15)12-6-3-2-4-7-12/h2-11,18H,17H2,1H3. The topological polar surface area (TPSA) is 41.8 Å². The fourth-order valence-corrected chi connectivity index (χ4v) is 2.35. The number of aromatic amines is 1. The number of fused-ring (bicyclic) bond motifs is 1. The summed E-state index contributed by atoms with van der Waals surface area (Å²) < 4.78 is 0. The Kier molecular flexibility index (Phi) is 2.65. The summed E-state index contributed by atoms with van der Waals surface area (Å²) in [5.74, 6) is 0. The zero-order valence-electron chi connectivity index (χ0n) is 10.4. The number of rotatable bonds is 2. The molecule has 0 saturated carbocycles. The van der Waals surface area contributed by atoms with Crippen LogP contribution in [0.4, 0.5) is 0 Å². The van der Waals surface area contributed by atoms with E-state index >= 15 is 0 Å². The van der Waals surface area contributed by atoms with Gasteiger partial charge in [0.25, 0.3) is 0 Å². The molecule has 0 radical (unpaired) electrons. The second kappa shape index (κ2) is 4.31. The van der Waals surface area contributed by atoms with E-state index in [1.54, 1.807) is 0 Å². The molecule has 0 aliphatic rings. The van der Waals surface area contributed by atoms with Crippen molar-refractivity contribution in [3.05, 3.63) is 60.2 Å². The molecule has 0 aliphatic heterocycles. The minimum absolute atomic E-state index is 0.0492. The highest BCUT2D eigenvalue weighted by atomic mass is 14.7. The second-order valence-corrected chi connectivity index (χ2v) is 4.65. The lowest BCUT2D eigenvalue weighted by Gasteiger charge is -2.06. The molecule has 1 unspecified atom stereocenters. The number of nitrogens with two attached hydrogens (primary N) is 1. The Labute approximate surface area is 106 Å². The van der Waals surface area contributed by atoms with Crippen LogP contribution >= 0.6 is 0 Å². The lowest BCUT2D eigenvalue weighted by Crippen LogP contribution is -2.04. The molecule has 0 fully saturated rings. The van der Waals surface area contributed by atoms with Crippen LogP contribution in [-0.4, -0.2) is 4.98 Å². The van der Waals surface area contributed by atoms with Crippen LogP contribution in [0, 0.1) is 0 Å². The average molecular weight is 236 g/mol. The molecule has 90 valence electrons. The first kappa shape index (κ1) is 11.1. The normalized spacial score (nSPS) is 12.8. The van der Waals surface area contributed by atoms with Crippen molar-refractivity contribution < 1.29 is 0 Å². The molecule has 3 rings (SSSR count). The fourth-order valence-electron chi connectivity index (χ4n) is 2.35. The third kappa shape index (κ3) is 1.81. The van der Waals surface area contributed by atoms with Crippen LogP contribution in [0.1, 0.15) is 18.5 Å². The summed E-state index contributed by atoms with van der Waals surface area (Å²) in [7, 11) is 0. The van der Waals surface area contributed by atoms with E-state index in [-0.39, 0.29) is 6.04 Å². The maximum atomic E-state index is 6.01. The van der Waals surface area contributed by atoms with Crippen LogP contribution in [0.15, 0.2) is 54.6 Å². The third-order valence-corrected chi connectivity index (χ3v) is 3.27. The maximum absolute atomic E-state index is 6.01. The molecular weight excluding hydrogens is 220 g/mol. The van der Waals surface area contributed by atoms with Crippen LogP contribution in [-0.2, 0) is 0 Å². The first-order valence-electron chi connectivity index (χ1n) is 6.18. The smallest absolute Gasteiger partial charge is 0.0464 e. The van der Waals surface area contributed by atoms with Gasteiger partial charge in [0, 0.05) is 22.6 Å². The van der Waals surface area contributed by atoms with Gasteiger partial charge in [-0.25, -0.2) is 0 Å². The Morgan fingerprint density at radius 3 is 2.50 bits per heavy atom. The van der Waals surface area contributed by atoms with Gasteiger partial charge < -0.3 is 10.7 Å². The van der Waals surface area contributed by atoms with E-state index in [9.17, 15) is 0 Å². The van der Waals surface area contributed by atoms with E-state index in [0.29, 0.717) is 0 Å². The lowest BCUT2D eigenvalue weighted by atomic mass is 10.0. The molecule has 18 heavy (non-hydrogen) atoms. The summed E-state index contributed by atoms with van der Waals surface area (Å²) in [6, 6.07) is 18.8. The van der Waals surface area contributed by atoms with E-state index in [0.717, 1.165) is 11.2 Å². The SMILES string of the molecule is CC(N)c1cccc2[nH]c(-c3ccccc3)cc12. The second-order valence-electron chi connectivity index (χ2n) is 4.65. The largest absolute Gasteiger partial charge is 0.355 e. The van der Waals surface area contributed by atoms with Gasteiger partial charge in [0.1, 0.15) is 0 Å². The van der Waals surface area contributed by atoms with E-state index < -0.39 is 0 Å². The van der Waals surface area contributed by atoms with Crippen LogP contribution in [0.25, 0.3) is 22.2 Å². The Morgan fingerprint density at radius 2 is 1.78 bits per heavy atom. The van der Waals surface area contributed by atoms with Crippen LogP contribution in [0.5, 0.6) is 0 Å². The molecule has 0 spiro atoms. The van der Waals surface area contributed by atoms with Gasteiger partial charge in [-0.05, 0) is 30.2 Å². The summed E-state index contributed by atoms with van der Waals surface area (Å²) in [4.78, 5) is 3.45. The van der Waals surface area contributed by atoms with Crippen molar-refractivity contribution in [2.75, 3.05) is 0 Å². The molecule has 0 aliphatic carbocycles. The van der Waals surface area contributed by atoms with E-state index in [1.165, 1.54) is 16.5 Å². The van der Waals surface area contributed by atoms with Crippen molar-refractivity contribution in [3.63, 3.8) is 0 Å². The van der Waals surface area contributed by atoms with Crippen LogP contribution in [0.2, 0.25) is 0 Å². The first-order chi connectivity index (χ1) is 8.75. The van der Waals surface area contributed by atoms with Crippen LogP contribution in [0.3, 0.4) is 0 Å². The molecular formula is C16H16N2. The Hall–Kier alpha value is -2.06. The van der Waals surface area contributed by atoms with Gasteiger partial charge in [-0.1, -0.05) is 42.5 Å². The summed E-state index contributed by atoms with van der Waals surface area (Å²) in [6.45, 7) is 2.02. The highest BCUT2D eigenvalue weighted by Gasteiger charge is 2.08. The number of H-pyrrole nitrogens is 1. The number of hydrogen-bond donors (Lipinski definition) is 2. The molecule has 3 N–H and O–H groups in total. The highest BCUT2D eigenvalue weighted by molar-refractivity contribution is 5.88. The zero-order valence-corrected chi connectivity index (χ0v) is 10.4. The van der Waals surface area contributed by atoms with E-state index in [4.69, 9.17) is 5.73 Å². The predicted octanol–water partition coefficient (Wildman–Crippen LogP) is 3.85. The Balaban J connectivity index is 2.20. The number of hydrogen-bond acceptors (Lipinski definition) is 1. The number of nitrogens with one attached hydrogen (secondary N) is 1. The van der Waals surface area contributed by atoms with Crippen LogP contribution < -0.4 is 5.73 Å². The maximum Gasteiger partial charge on any atom is 0.0464 e. The molecule has 1 heterocycles. The molecule has 1 atom stereocenters. The van der Waals surface area contributed by atoms with Crippen molar-refractivity contribution in [3.8, 4) is 11.3 Å². The molecule has 1 aromatic heterocycles. The minimum atomic E-state index is 0.0492. The summed E-state index contributed by atoms with van der Waals surface area (Å²) in [5.41, 5.74) is 10.7. The summed E-state index contributed by atoms with van der Waals surface area (Å²) in [6.07, 6.45) is 0. The monoisotopic (exact) mass is 236 g/mol. The molecule has 2 aromatic carbocycles. The third-order valence-electron chi connectivity index (χ3n) is 3.27. The van der Waals surface area contributed by atoms with Gasteiger partial charge in [0.05, 0.1) is 0 Å². The van der Waals surface area contributed by atoms with Crippen molar-refractivity contribution >= 4 is 10.9 Å². The van der Waals surface area contributed by atoms with Gasteiger partial charge in [-0.15, -0.1) is 0 Å². The van der Waals surface area contributed by atoms with Gasteiger partial charge >= 0.3 is 0 Å². The predicted molar refractivity (Wildman–Crippen MR) is 76.3 cm³/mol. The fraction of sp³-hybridized carbons (Fsp3) is 0.125. The minimum Gasteiger partial charge on any atom is -0.355 e. The Bertz CT molecular complexity index is 666. The summed E-state index contributed by atoms with van der Waals surface area (Å²) >= 11 is 0. The van der Waals surface area contributed by atoms with Gasteiger partial charge in [0.15, 0.2) is 0 Å². The van der Waals surface area contributed by atoms with Crippen molar-refractivity contribution in [2.45, 2.75) is 13.0 Å². The quantitative estimate of drug-likeness (QED) is 0.697. The molecule has 3 aromatic rings. The number of aromatic nitrogens is 1. The molecule has 0 bridgehead atoms. The first-order valence-corrected chi connectivity index (χ1v) is 6.18. The van der Waals surface area contributed by atoms with Gasteiger partial charge in [-0.3, -0.25) is 0 Å². The zero-order chi connectivity index (χ0) is 12.5. The molecule has 0 amide bonds. The van der Waals surface area contributed by atoms with E-state index in [1.807, 2.05) is 31.2 Å². The lowest BCUT2D eigenvalue weighted by molar-refractivity contribution is 0.827. The van der Waals surface area contributed by atoms with Gasteiger partial charge in [0.2, 0.25) is 0 Å². The molecule has 0 saturated heterocycles. The number of benzene rings is 2. The molecule has 2 nitrogen and oxygen atoms in total. The van der Waals surface area contributed by atoms with Crippen molar-refractivity contribution in [1.82, 2.24) is 4.98 Å². The molecule has 2 heteroatoms. The van der Waals surface area contributed by atoms with E-state index in [2.05, 4.69) is 35.3 Å². The van der Waals surface area contributed by atoms with Crippen molar-refractivity contribution in [2.24, 2.45) is 5.73 Å². The Morgan fingerprint density at radius 1 is 1.00 bits per heavy atom.